The van der Waals surface area contributed by atoms with Crippen LogP contribution < -0.4 is 5.56 Å². The SMILES string of the molecule is Cc1ccc2[nH]c(=O)c(CN(Cc3ccc(F)cc3)Cc3nnnn3C[C@H]3CCCO3)cc2c1. The lowest BCUT2D eigenvalue weighted by Crippen LogP contribution is -2.29. The molecule has 0 radical (unpaired) electrons. The Kier molecular flexibility index (Phi) is 6.46. The van der Waals surface area contributed by atoms with E-state index in [0.29, 0.717) is 37.6 Å². The smallest absolute Gasteiger partial charge is 0.252 e. The predicted molar refractivity (Wildman–Crippen MR) is 125 cm³/mol. The zero-order valence-corrected chi connectivity index (χ0v) is 19.1. The molecule has 4 aromatic rings. The zero-order valence-electron chi connectivity index (χ0n) is 19.1. The molecule has 1 atom stereocenters. The Balaban J connectivity index is 1.42. The molecule has 0 amide bonds. The molecule has 3 heterocycles. The third-order valence-corrected chi connectivity index (χ3v) is 6.16. The summed E-state index contributed by atoms with van der Waals surface area (Å²) in [5.41, 5.74) is 3.40. The van der Waals surface area contributed by atoms with Gasteiger partial charge in [0.25, 0.3) is 5.56 Å². The number of H-pyrrole nitrogens is 1. The normalized spacial score (nSPS) is 16.0. The molecule has 2 aromatic carbocycles. The molecule has 0 spiro atoms. The van der Waals surface area contributed by atoms with Crippen molar-refractivity contribution in [3.05, 3.63) is 87.2 Å². The van der Waals surface area contributed by atoms with Gasteiger partial charge in [0.1, 0.15) is 5.82 Å². The summed E-state index contributed by atoms with van der Waals surface area (Å²) in [5.74, 6) is 0.419. The maximum Gasteiger partial charge on any atom is 0.252 e. The molecule has 1 saturated heterocycles. The Bertz CT molecular complexity index is 1330. The predicted octanol–water partition coefficient (Wildman–Crippen LogP) is 3.34. The van der Waals surface area contributed by atoms with E-state index in [1.54, 1.807) is 16.8 Å². The minimum atomic E-state index is -0.280. The third-order valence-electron chi connectivity index (χ3n) is 6.16. The molecule has 9 heteroatoms. The van der Waals surface area contributed by atoms with Crippen LogP contribution in [0.25, 0.3) is 10.9 Å². The largest absolute Gasteiger partial charge is 0.376 e. The number of aromatic amines is 1. The van der Waals surface area contributed by atoms with Crippen LogP contribution in [0.2, 0.25) is 0 Å². The van der Waals surface area contributed by atoms with Crippen LogP contribution in [0.4, 0.5) is 4.39 Å². The maximum atomic E-state index is 13.5. The highest BCUT2D eigenvalue weighted by Crippen LogP contribution is 2.18. The lowest BCUT2D eigenvalue weighted by Gasteiger charge is -2.22. The van der Waals surface area contributed by atoms with Crippen molar-refractivity contribution in [2.24, 2.45) is 0 Å². The molecular formula is C25H27FN6O2. The monoisotopic (exact) mass is 462 g/mol. The molecule has 0 unspecified atom stereocenters. The molecule has 8 nitrogen and oxygen atoms in total. The van der Waals surface area contributed by atoms with Crippen LogP contribution in [0.15, 0.2) is 53.3 Å². The quantitative estimate of drug-likeness (QED) is 0.432. The average molecular weight is 463 g/mol. The fourth-order valence-corrected chi connectivity index (χ4v) is 4.40. The van der Waals surface area contributed by atoms with Crippen LogP contribution in [0.5, 0.6) is 0 Å². The van der Waals surface area contributed by atoms with Crippen molar-refractivity contribution >= 4 is 10.9 Å². The van der Waals surface area contributed by atoms with E-state index in [1.807, 2.05) is 25.1 Å². The summed E-state index contributed by atoms with van der Waals surface area (Å²) in [6.45, 7) is 4.73. The molecular weight excluding hydrogens is 435 g/mol. The van der Waals surface area contributed by atoms with Crippen LogP contribution in [0.1, 0.15) is 35.4 Å². The Morgan fingerprint density at radius 1 is 1.15 bits per heavy atom. The van der Waals surface area contributed by atoms with Crippen LogP contribution >= 0.6 is 0 Å². The first kappa shape index (κ1) is 22.4. The van der Waals surface area contributed by atoms with E-state index in [0.717, 1.165) is 41.5 Å². The number of pyridine rings is 1. The van der Waals surface area contributed by atoms with Crippen molar-refractivity contribution in [1.29, 1.82) is 0 Å². The van der Waals surface area contributed by atoms with Gasteiger partial charge in [0.05, 0.1) is 19.2 Å². The van der Waals surface area contributed by atoms with Gasteiger partial charge in [-0.15, -0.1) is 5.10 Å². The molecule has 1 N–H and O–H groups in total. The molecule has 5 rings (SSSR count). The molecule has 0 bridgehead atoms. The van der Waals surface area contributed by atoms with Gasteiger partial charge in [0.2, 0.25) is 0 Å². The van der Waals surface area contributed by atoms with Gasteiger partial charge in [0, 0.05) is 30.8 Å². The standard InChI is InChI=1S/C25H27FN6O2/c1-17-4-9-23-19(11-17)12-20(25(33)27-23)14-31(13-18-5-7-21(26)8-6-18)16-24-28-29-30-32(24)15-22-3-2-10-34-22/h4-9,11-12,22H,2-3,10,13-16H2,1H3,(H,27,33)/t22-/m1/s1. The Morgan fingerprint density at radius 3 is 2.79 bits per heavy atom. The van der Waals surface area contributed by atoms with Crippen molar-refractivity contribution in [1.82, 2.24) is 30.1 Å². The number of fused-ring (bicyclic) bond motifs is 1. The number of hydrogen-bond donors (Lipinski definition) is 1. The van der Waals surface area contributed by atoms with E-state index in [2.05, 4.69) is 31.5 Å². The number of aryl methyl sites for hydroxylation is 1. The number of nitrogens with one attached hydrogen (secondary N) is 1. The second-order valence-corrected chi connectivity index (χ2v) is 8.90. The second-order valence-electron chi connectivity index (χ2n) is 8.90. The number of rotatable bonds is 8. The number of ether oxygens (including phenoxy) is 1. The number of tetrazole rings is 1. The van der Waals surface area contributed by atoms with Crippen LogP contribution in [0.3, 0.4) is 0 Å². The Hall–Kier alpha value is -3.43. The van der Waals surface area contributed by atoms with Crippen LogP contribution in [-0.2, 0) is 30.9 Å². The van der Waals surface area contributed by atoms with Crippen molar-refractivity contribution in [2.45, 2.75) is 52.0 Å². The molecule has 1 fully saturated rings. The first-order valence-electron chi connectivity index (χ1n) is 11.5. The van der Waals surface area contributed by atoms with Crippen molar-refractivity contribution in [2.75, 3.05) is 6.61 Å². The summed E-state index contributed by atoms with van der Waals surface area (Å²) in [6.07, 6.45) is 2.15. The van der Waals surface area contributed by atoms with E-state index < -0.39 is 0 Å². The van der Waals surface area contributed by atoms with E-state index in [4.69, 9.17) is 4.74 Å². The van der Waals surface area contributed by atoms with Gasteiger partial charge < -0.3 is 9.72 Å². The van der Waals surface area contributed by atoms with Gasteiger partial charge in [-0.1, -0.05) is 23.8 Å². The number of benzene rings is 2. The summed E-state index contributed by atoms with van der Waals surface area (Å²) < 4.78 is 21.0. The minimum absolute atomic E-state index is 0.111. The lowest BCUT2D eigenvalue weighted by molar-refractivity contribution is 0.0914. The van der Waals surface area contributed by atoms with Crippen molar-refractivity contribution in [3.63, 3.8) is 0 Å². The van der Waals surface area contributed by atoms with E-state index in [1.165, 1.54) is 12.1 Å². The van der Waals surface area contributed by atoms with Crippen molar-refractivity contribution < 1.29 is 9.13 Å². The zero-order chi connectivity index (χ0) is 23.5. The summed E-state index contributed by atoms with van der Waals surface area (Å²) in [5, 5.41) is 13.3. The number of aromatic nitrogens is 5. The molecule has 0 aliphatic carbocycles. The molecule has 2 aromatic heterocycles. The van der Waals surface area contributed by atoms with Gasteiger partial charge in [0.15, 0.2) is 5.82 Å². The fourth-order valence-electron chi connectivity index (χ4n) is 4.40. The first-order valence-corrected chi connectivity index (χ1v) is 11.5. The van der Waals surface area contributed by atoms with Crippen LogP contribution in [-0.4, -0.2) is 42.8 Å². The minimum Gasteiger partial charge on any atom is -0.376 e. The average Bonchev–Trinajstić information content (AvgIpc) is 3.49. The van der Waals surface area contributed by atoms with E-state index in [9.17, 15) is 9.18 Å². The van der Waals surface area contributed by atoms with Crippen molar-refractivity contribution in [3.8, 4) is 0 Å². The highest BCUT2D eigenvalue weighted by Gasteiger charge is 2.21. The summed E-state index contributed by atoms with van der Waals surface area (Å²) >= 11 is 0. The summed E-state index contributed by atoms with van der Waals surface area (Å²) in [7, 11) is 0. The topological polar surface area (TPSA) is 88.9 Å². The Morgan fingerprint density at radius 2 is 2.00 bits per heavy atom. The lowest BCUT2D eigenvalue weighted by atomic mass is 10.1. The van der Waals surface area contributed by atoms with E-state index >= 15 is 0 Å². The van der Waals surface area contributed by atoms with Gasteiger partial charge in [-0.2, -0.15) is 0 Å². The number of hydrogen-bond acceptors (Lipinski definition) is 6. The summed E-state index contributed by atoms with van der Waals surface area (Å²) in [4.78, 5) is 17.9. The number of nitrogens with zero attached hydrogens (tertiary/aromatic N) is 5. The summed E-state index contributed by atoms with van der Waals surface area (Å²) in [6, 6.07) is 14.3. The fraction of sp³-hybridized carbons (Fsp3) is 0.360. The number of halogens is 1. The molecule has 34 heavy (non-hydrogen) atoms. The molecule has 0 saturated carbocycles. The molecule has 1 aliphatic heterocycles. The molecule has 1 aliphatic rings. The third kappa shape index (κ3) is 5.21. The highest BCUT2D eigenvalue weighted by atomic mass is 19.1. The highest BCUT2D eigenvalue weighted by molar-refractivity contribution is 5.79. The van der Waals surface area contributed by atoms with Gasteiger partial charge in [-0.3, -0.25) is 9.69 Å². The van der Waals surface area contributed by atoms with Crippen LogP contribution in [0, 0.1) is 12.7 Å². The van der Waals surface area contributed by atoms with Gasteiger partial charge >= 0.3 is 0 Å². The van der Waals surface area contributed by atoms with E-state index in [-0.39, 0.29) is 17.5 Å². The van der Waals surface area contributed by atoms with Gasteiger partial charge in [-0.25, -0.2) is 9.07 Å². The van der Waals surface area contributed by atoms with Gasteiger partial charge in [-0.05, 0) is 71.5 Å². The Labute approximate surface area is 196 Å². The maximum absolute atomic E-state index is 13.5. The second kappa shape index (κ2) is 9.82. The first-order chi connectivity index (χ1) is 16.5. The molecule has 176 valence electrons.